The van der Waals surface area contributed by atoms with Crippen LogP contribution in [0.5, 0.6) is 0 Å². The van der Waals surface area contributed by atoms with Gasteiger partial charge in [-0.05, 0) is 25.3 Å². The standard InChI is InChI=1S/C11H20N4O2/c1-8-9(6-14-15-8)4-3-5-13-11(16)10(12)7-17-2/h6,10H,3-5,7,12H2,1-2H3,(H,13,16)(H,14,15). The Bertz CT molecular complexity index is 351. The number of amides is 1. The number of hydrogen-bond acceptors (Lipinski definition) is 4. The van der Waals surface area contributed by atoms with Crippen LogP contribution in [-0.2, 0) is 16.0 Å². The Balaban J connectivity index is 2.16. The van der Waals surface area contributed by atoms with Crippen LogP contribution in [0.3, 0.4) is 0 Å². The van der Waals surface area contributed by atoms with Crippen molar-refractivity contribution >= 4 is 5.91 Å². The number of hydrogen-bond donors (Lipinski definition) is 3. The molecule has 0 spiro atoms. The number of nitrogens with one attached hydrogen (secondary N) is 2. The van der Waals surface area contributed by atoms with Gasteiger partial charge in [0.15, 0.2) is 0 Å². The van der Waals surface area contributed by atoms with Crippen molar-refractivity contribution in [2.24, 2.45) is 5.73 Å². The molecule has 0 saturated heterocycles. The molecule has 6 nitrogen and oxygen atoms in total. The summed E-state index contributed by atoms with van der Waals surface area (Å²) in [5.41, 5.74) is 7.83. The van der Waals surface area contributed by atoms with E-state index >= 15 is 0 Å². The second-order valence-corrected chi connectivity index (χ2v) is 3.98. The number of nitrogens with two attached hydrogens (primary N) is 1. The molecule has 1 aromatic rings. The van der Waals surface area contributed by atoms with Gasteiger partial charge in [0.2, 0.25) is 5.91 Å². The lowest BCUT2D eigenvalue weighted by molar-refractivity contribution is -0.123. The number of aryl methyl sites for hydroxylation is 2. The normalized spacial score (nSPS) is 12.4. The van der Waals surface area contributed by atoms with Crippen molar-refractivity contribution in [2.75, 3.05) is 20.3 Å². The molecule has 0 aliphatic carbocycles. The van der Waals surface area contributed by atoms with Gasteiger partial charge >= 0.3 is 0 Å². The second kappa shape index (κ2) is 7.03. The summed E-state index contributed by atoms with van der Waals surface area (Å²) < 4.78 is 4.81. The highest BCUT2D eigenvalue weighted by atomic mass is 16.5. The van der Waals surface area contributed by atoms with Crippen LogP contribution in [0.2, 0.25) is 0 Å². The summed E-state index contributed by atoms with van der Waals surface area (Å²) in [4.78, 5) is 11.4. The molecule has 0 bridgehead atoms. The SMILES string of the molecule is COCC(N)C(=O)NCCCc1cn[nH]c1C. The molecule has 1 unspecified atom stereocenters. The van der Waals surface area contributed by atoms with Crippen molar-refractivity contribution in [3.63, 3.8) is 0 Å². The van der Waals surface area contributed by atoms with Gasteiger partial charge in [0.25, 0.3) is 0 Å². The molecule has 96 valence electrons. The molecule has 1 rings (SSSR count). The van der Waals surface area contributed by atoms with Crippen molar-refractivity contribution in [3.05, 3.63) is 17.5 Å². The molecular weight excluding hydrogens is 220 g/mol. The van der Waals surface area contributed by atoms with E-state index in [0.29, 0.717) is 6.54 Å². The fourth-order valence-electron chi connectivity index (χ4n) is 1.50. The van der Waals surface area contributed by atoms with Gasteiger partial charge in [-0.1, -0.05) is 0 Å². The molecule has 0 radical (unpaired) electrons. The van der Waals surface area contributed by atoms with Crippen LogP contribution in [0, 0.1) is 6.92 Å². The highest BCUT2D eigenvalue weighted by Gasteiger charge is 2.11. The number of rotatable bonds is 7. The summed E-state index contributed by atoms with van der Waals surface area (Å²) in [6.07, 6.45) is 3.57. The topological polar surface area (TPSA) is 93.0 Å². The zero-order valence-corrected chi connectivity index (χ0v) is 10.3. The fraction of sp³-hybridized carbons (Fsp3) is 0.636. The Morgan fingerprint density at radius 2 is 2.47 bits per heavy atom. The van der Waals surface area contributed by atoms with Crippen molar-refractivity contribution in [2.45, 2.75) is 25.8 Å². The van der Waals surface area contributed by atoms with Crippen LogP contribution in [0.4, 0.5) is 0 Å². The molecule has 0 aliphatic rings. The third-order valence-corrected chi connectivity index (χ3v) is 2.54. The van der Waals surface area contributed by atoms with Crippen LogP contribution >= 0.6 is 0 Å². The Hall–Kier alpha value is -1.40. The van der Waals surface area contributed by atoms with Crippen molar-refractivity contribution < 1.29 is 9.53 Å². The maximum atomic E-state index is 11.4. The first-order valence-electron chi connectivity index (χ1n) is 5.66. The average molecular weight is 240 g/mol. The molecule has 0 aliphatic heterocycles. The van der Waals surface area contributed by atoms with Gasteiger partial charge in [-0.25, -0.2) is 0 Å². The molecule has 0 fully saturated rings. The van der Waals surface area contributed by atoms with Crippen molar-refractivity contribution in [3.8, 4) is 0 Å². The molecule has 1 atom stereocenters. The molecule has 1 heterocycles. The van der Waals surface area contributed by atoms with Crippen LogP contribution in [-0.4, -0.2) is 42.4 Å². The van der Waals surface area contributed by atoms with Crippen molar-refractivity contribution in [1.29, 1.82) is 0 Å². The second-order valence-electron chi connectivity index (χ2n) is 3.98. The maximum Gasteiger partial charge on any atom is 0.239 e. The van der Waals surface area contributed by atoms with E-state index < -0.39 is 6.04 Å². The summed E-state index contributed by atoms with van der Waals surface area (Å²) in [7, 11) is 1.52. The molecule has 0 saturated carbocycles. The minimum Gasteiger partial charge on any atom is -0.383 e. The lowest BCUT2D eigenvalue weighted by Gasteiger charge is -2.10. The van der Waals surface area contributed by atoms with Gasteiger partial charge in [0, 0.05) is 19.3 Å². The number of H-pyrrole nitrogens is 1. The van der Waals surface area contributed by atoms with E-state index in [2.05, 4.69) is 15.5 Å². The number of nitrogens with zero attached hydrogens (tertiary/aromatic N) is 1. The highest BCUT2D eigenvalue weighted by molar-refractivity contribution is 5.81. The molecule has 1 amide bonds. The predicted molar refractivity (Wildman–Crippen MR) is 64.5 cm³/mol. The number of aromatic nitrogens is 2. The Morgan fingerprint density at radius 3 is 3.06 bits per heavy atom. The van der Waals surface area contributed by atoms with Crippen LogP contribution in [0.15, 0.2) is 6.20 Å². The first kappa shape index (κ1) is 13.7. The van der Waals surface area contributed by atoms with Crippen LogP contribution < -0.4 is 11.1 Å². The Labute approximate surface area is 101 Å². The third-order valence-electron chi connectivity index (χ3n) is 2.54. The summed E-state index contributed by atoms with van der Waals surface area (Å²) in [5.74, 6) is -0.171. The summed E-state index contributed by atoms with van der Waals surface area (Å²) in [6.45, 7) is 2.84. The Kier molecular flexibility index (Phi) is 5.65. The third kappa shape index (κ3) is 4.54. The smallest absolute Gasteiger partial charge is 0.239 e. The van der Waals surface area contributed by atoms with Gasteiger partial charge < -0.3 is 15.8 Å². The van der Waals surface area contributed by atoms with Gasteiger partial charge in [-0.3, -0.25) is 9.89 Å². The molecule has 6 heteroatoms. The number of carbonyl (C=O) groups is 1. The fourth-order valence-corrected chi connectivity index (χ4v) is 1.50. The van der Waals surface area contributed by atoms with Gasteiger partial charge in [0.05, 0.1) is 12.8 Å². The largest absolute Gasteiger partial charge is 0.383 e. The number of aromatic amines is 1. The van der Waals surface area contributed by atoms with E-state index in [4.69, 9.17) is 10.5 Å². The minimum absolute atomic E-state index is 0.171. The summed E-state index contributed by atoms with van der Waals surface area (Å²) >= 11 is 0. The lowest BCUT2D eigenvalue weighted by Crippen LogP contribution is -2.43. The first-order chi connectivity index (χ1) is 8.15. The molecule has 1 aromatic heterocycles. The predicted octanol–water partition coefficient (Wildman–Crippen LogP) is -0.259. The van der Waals surface area contributed by atoms with E-state index in [0.717, 1.165) is 18.5 Å². The number of ether oxygens (including phenoxy) is 1. The summed E-state index contributed by atoms with van der Waals surface area (Å²) in [5, 5.41) is 9.59. The monoisotopic (exact) mass is 240 g/mol. The lowest BCUT2D eigenvalue weighted by atomic mass is 10.1. The Morgan fingerprint density at radius 1 is 1.71 bits per heavy atom. The highest BCUT2D eigenvalue weighted by Crippen LogP contribution is 2.04. The van der Waals surface area contributed by atoms with E-state index in [1.165, 1.54) is 12.7 Å². The van der Waals surface area contributed by atoms with Crippen LogP contribution in [0.25, 0.3) is 0 Å². The number of carbonyl (C=O) groups excluding carboxylic acids is 1. The maximum absolute atomic E-state index is 11.4. The zero-order valence-electron chi connectivity index (χ0n) is 10.3. The quantitative estimate of drug-likeness (QED) is 0.572. The van der Waals surface area contributed by atoms with E-state index in [1.807, 2.05) is 13.1 Å². The van der Waals surface area contributed by atoms with Gasteiger partial charge in [-0.15, -0.1) is 0 Å². The zero-order chi connectivity index (χ0) is 12.7. The van der Waals surface area contributed by atoms with Crippen LogP contribution in [0.1, 0.15) is 17.7 Å². The van der Waals surface area contributed by atoms with Gasteiger partial charge in [-0.2, -0.15) is 5.10 Å². The van der Waals surface area contributed by atoms with E-state index in [-0.39, 0.29) is 12.5 Å². The molecule has 0 aromatic carbocycles. The van der Waals surface area contributed by atoms with Crippen molar-refractivity contribution in [1.82, 2.24) is 15.5 Å². The molecule has 17 heavy (non-hydrogen) atoms. The van der Waals surface area contributed by atoms with Gasteiger partial charge in [0.1, 0.15) is 6.04 Å². The summed E-state index contributed by atoms with van der Waals surface area (Å²) in [6, 6.07) is -0.587. The first-order valence-corrected chi connectivity index (χ1v) is 5.66. The van der Waals surface area contributed by atoms with E-state index in [1.54, 1.807) is 0 Å². The number of methoxy groups -OCH3 is 1. The molecule has 4 N–H and O–H groups in total. The minimum atomic E-state index is -0.587. The van der Waals surface area contributed by atoms with E-state index in [9.17, 15) is 4.79 Å². The average Bonchev–Trinajstić information content (AvgIpc) is 2.70. The molecular formula is C11H20N4O2.